The van der Waals surface area contributed by atoms with E-state index in [-0.39, 0.29) is 24.4 Å². The summed E-state index contributed by atoms with van der Waals surface area (Å²) in [5, 5.41) is 3.31. The maximum atomic E-state index is 12.3. The van der Waals surface area contributed by atoms with Crippen molar-refractivity contribution in [1.29, 1.82) is 0 Å². The molecule has 1 amide bonds. The fraction of sp³-hybridized carbons (Fsp3) is 0.533. The van der Waals surface area contributed by atoms with Gasteiger partial charge in [0.05, 0.1) is 23.4 Å². The molecule has 0 aliphatic rings. The fourth-order valence-corrected chi connectivity index (χ4v) is 2.04. The Morgan fingerprint density at radius 2 is 1.95 bits per heavy atom. The molecule has 0 saturated carbocycles. The number of carbonyl (C=O) groups excluding carboxylic acids is 1. The first-order valence-corrected chi connectivity index (χ1v) is 7.16. The van der Waals surface area contributed by atoms with E-state index in [0.717, 1.165) is 12.8 Å². The zero-order valence-electron chi connectivity index (χ0n) is 12.9. The molecule has 0 fully saturated rings. The van der Waals surface area contributed by atoms with Crippen LogP contribution in [0, 0.1) is 5.92 Å². The number of amides is 1. The van der Waals surface area contributed by atoms with Crippen molar-refractivity contribution < 1.29 is 9.53 Å². The predicted octanol–water partition coefficient (Wildman–Crippen LogP) is 3.91. The van der Waals surface area contributed by atoms with Gasteiger partial charge in [0.15, 0.2) is 0 Å². The number of halogens is 2. The van der Waals surface area contributed by atoms with Crippen LogP contribution >= 0.6 is 24.0 Å². The molecule has 0 aliphatic heterocycles. The first-order valence-electron chi connectivity index (χ1n) is 6.79. The Hall–Kier alpha value is -1.13. The van der Waals surface area contributed by atoms with E-state index in [9.17, 15) is 4.79 Å². The van der Waals surface area contributed by atoms with E-state index in [1.807, 2.05) is 6.92 Å². The number of nitrogens with two attached hydrogens (primary N) is 1. The summed E-state index contributed by atoms with van der Waals surface area (Å²) in [7, 11) is 1.50. The van der Waals surface area contributed by atoms with Gasteiger partial charge in [0.25, 0.3) is 5.91 Å². The number of hydrogen-bond donors (Lipinski definition) is 2. The number of ether oxygens (including phenoxy) is 1. The summed E-state index contributed by atoms with van der Waals surface area (Å²) in [6.45, 7) is 6.32. The van der Waals surface area contributed by atoms with Crippen LogP contribution < -0.4 is 15.8 Å². The molecule has 0 aliphatic carbocycles. The number of hydrogen-bond acceptors (Lipinski definition) is 3. The van der Waals surface area contributed by atoms with Crippen molar-refractivity contribution in [3.05, 3.63) is 22.7 Å². The molecule has 0 spiro atoms. The third kappa shape index (κ3) is 6.02. The fourth-order valence-electron chi connectivity index (χ4n) is 1.87. The Labute approximate surface area is 137 Å². The van der Waals surface area contributed by atoms with Crippen LogP contribution in [0.1, 0.15) is 44.0 Å². The van der Waals surface area contributed by atoms with Crippen molar-refractivity contribution in [3.63, 3.8) is 0 Å². The first kappa shape index (κ1) is 19.9. The zero-order valence-corrected chi connectivity index (χ0v) is 14.5. The molecule has 0 heterocycles. The highest BCUT2D eigenvalue weighted by Gasteiger charge is 2.16. The summed E-state index contributed by atoms with van der Waals surface area (Å²) in [5.74, 6) is 0.857. The number of carbonyl (C=O) groups is 1. The van der Waals surface area contributed by atoms with E-state index in [2.05, 4.69) is 19.2 Å². The molecule has 0 aromatic heterocycles. The predicted molar refractivity (Wildman–Crippen MR) is 90.7 cm³/mol. The minimum atomic E-state index is -0.194. The lowest BCUT2D eigenvalue weighted by Gasteiger charge is -2.17. The molecular formula is C15H24Cl2N2O2. The van der Waals surface area contributed by atoms with Crippen molar-refractivity contribution in [3.8, 4) is 5.75 Å². The summed E-state index contributed by atoms with van der Waals surface area (Å²) < 4.78 is 5.18. The highest BCUT2D eigenvalue weighted by atomic mass is 35.5. The molecule has 1 aromatic rings. The van der Waals surface area contributed by atoms with E-state index in [0.29, 0.717) is 27.9 Å². The Bertz CT molecular complexity index is 479. The largest absolute Gasteiger partial charge is 0.496 e. The molecule has 0 saturated heterocycles. The number of rotatable bonds is 6. The second kappa shape index (κ2) is 9.00. The molecule has 0 radical (unpaired) electrons. The number of methoxy groups -OCH3 is 1. The Balaban J connectivity index is 0.00000400. The number of nitrogen functional groups attached to an aromatic ring is 1. The molecule has 120 valence electrons. The quantitative estimate of drug-likeness (QED) is 0.775. The lowest BCUT2D eigenvalue weighted by atomic mass is 10.0. The molecule has 21 heavy (non-hydrogen) atoms. The van der Waals surface area contributed by atoms with Crippen molar-refractivity contribution >= 4 is 35.6 Å². The van der Waals surface area contributed by atoms with Crippen LogP contribution in [0.3, 0.4) is 0 Å². The third-order valence-corrected chi connectivity index (χ3v) is 3.45. The Morgan fingerprint density at radius 1 is 1.33 bits per heavy atom. The van der Waals surface area contributed by atoms with Gasteiger partial charge in [-0.3, -0.25) is 4.79 Å². The second-order valence-electron chi connectivity index (χ2n) is 5.42. The van der Waals surface area contributed by atoms with Crippen molar-refractivity contribution in [1.82, 2.24) is 5.32 Å². The Morgan fingerprint density at radius 3 is 2.48 bits per heavy atom. The summed E-state index contributed by atoms with van der Waals surface area (Å²) in [6, 6.07) is 3.21. The SMILES string of the molecule is COc1cc(N)c(Cl)cc1C(=O)NC(C)CCC(C)C.Cl. The minimum absolute atomic E-state index is 0. The monoisotopic (exact) mass is 334 g/mol. The van der Waals surface area contributed by atoms with Crippen molar-refractivity contribution in [2.24, 2.45) is 5.92 Å². The summed E-state index contributed by atoms with van der Waals surface area (Å²) in [5.41, 5.74) is 6.51. The lowest BCUT2D eigenvalue weighted by Crippen LogP contribution is -2.33. The van der Waals surface area contributed by atoms with E-state index < -0.39 is 0 Å². The first-order chi connectivity index (χ1) is 9.35. The maximum absolute atomic E-state index is 12.3. The third-order valence-electron chi connectivity index (χ3n) is 3.12. The van der Waals surface area contributed by atoms with Crippen LogP contribution in [0.5, 0.6) is 5.75 Å². The van der Waals surface area contributed by atoms with Crippen LogP contribution in [0.4, 0.5) is 5.69 Å². The van der Waals surface area contributed by atoms with Crippen molar-refractivity contribution in [2.75, 3.05) is 12.8 Å². The molecule has 4 nitrogen and oxygen atoms in total. The van der Waals surface area contributed by atoms with Gasteiger partial charge in [-0.1, -0.05) is 25.4 Å². The topological polar surface area (TPSA) is 64.3 Å². The van der Waals surface area contributed by atoms with E-state index in [4.69, 9.17) is 22.1 Å². The van der Waals surface area contributed by atoms with Crippen LogP contribution in [-0.4, -0.2) is 19.1 Å². The highest BCUT2D eigenvalue weighted by molar-refractivity contribution is 6.33. The maximum Gasteiger partial charge on any atom is 0.255 e. The number of nitrogens with one attached hydrogen (secondary N) is 1. The van der Waals surface area contributed by atoms with Crippen LogP contribution in [0.25, 0.3) is 0 Å². The molecule has 1 rings (SSSR count). The van der Waals surface area contributed by atoms with Gasteiger partial charge in [0.1, 0.15) is 5.75 Å². The van der Waals surface area contributed by atoms with E-state index in [1.54, 1.807) is 12.1 Å². The minimum Gasteiger partial charge on any atom is -0.496 e. The van der Waals surface area contributed by atoms with Crippen LogP contribution in [0.2, 0.25) is 5.02 Å². The van der Waals surface area contributed by atoms with Crippen LogP contribution in [-0.2, 0) is 0 Å². The van der Waals surface area contributed by atoms with Gasteiger partial charge in [-0.15, -0.1) is 12.4 Å². The van der Waals surface area contributed by atoms with Gasteiger partial charge in [-0.05, 0) is 31.7 Å². The number of anilines is 1. The highest BCUT2D eigenvalue weighted by Crippen LogP contribution is 2.28. The van der Waals surface area contributed by atoms with E-state index in [1.165, 1.54) is 7.11 Å². The second-order valence-corrected chi connectivity index (χ2v) is 5.83. The van der Waals surface area contributed by atoms with Crippen LogP contribution in [0.15, 0.2) is 12.1 Å². The average molecular weight is 335 g/mol. The molecule has 1 aromatic carbocycles. The molecule has 3 N–H and O–H groups in total. The zero-order chi connectivity index (χ0) is 15.3. The molecule has 6 heteroatoms. The average Bonchev–Trinajstić information content (AvgIpc) is 2.38. The van der Waals surface area contributed by atoms with Gasteiger partial charge in [-0.2, -0.15) is 0 Å². The molecular weight excluding hydrogens is 311 g/mol. The van der Waals surface area contributed by atoms with Gasteiger partial charge >= 0.3 is 0 Å². The standard InChI is InChI=1S/C15H23ClN2O2.ClH/c1-9(2)5-6-10(3)18-15(19)11-7-12(16)13(17)8-14(11)20-4;/h7-10H,5-6,17H2,1-4H3,(H,18,19);1H. The number of benzene rings is 1. The molecule has 1 unspecified atom stereocenters. The molecule has 0 bridgehead atoms. The lowest BCUT2D eigenvalue weighted by molar-refractivity contribution is 0.0934. The Kier molecular flexibility index (Phi) is 8.52. The van der Waals surface area contributed by atoms with Gasteiger partial charge in [0.2, 0.25) is 0 Å². The summed E-state index contributed by atoms with van der Waals surface area (Å²) >= 11 is 5.97. The molecule has 1 atom stereocenters. The summed E-state index contributed by atoms with van der Waals surface area (Å²) in [6.07, 6.45) is 2.01. The van der Waals surface area contributed by atoms with Gasteiger partial charge in [-0.25, -0.2) is 0 Å². The van der Waals surface area contributed by atoms with Crippen molar-refractivity contribution in [2.45, 2.75) is 39.7 Å². The smallest absolute Gasteiger partial charge is 0.255 e. The van der Waals surface area contributed by atoms with Gasteiger partial charge in [0, 0.05) is 12.1 Å². The summed E-state index contributed by atoms with van der Waals surface area (Å²) in [4.78, 5) is 12.3. The normalized spacial score (nSPS) is 11.7. The van der Waals surface area contributed by atoms with E-state index >= 15 is 0 Å². The van der Waals surface area contributed by atoms with Gasteiger partial charge < -0.3 is 15.8 Å².